The molecule has 2 N–H and O–H groups in total. The van der Waals surface area contributed by atoms with Gasteiger partial charge in [-0.15, -0.1) is 0 Å². The van der Waals surface area contributed by atoms with E-state index in [0.717, 1.165) is 18.4 Å². The standard InChI is InChI=1S/C15H28N2O/c1-15(2,14(18)16-3)10-17-13-6-4-5-12(9-13)11-7-8-11/h11-13,17H,4-10H2,1-3H3,(H,16,18). The number of carbonyl (C=O) groups excluding carboxylic acids is 1. The molecule has 0 radical (unpaired) electrons. The molecule has 0 saturated heterocycles. The maximum atomic E-state index is 11.7. The average molecular weight is 252 g/mol. The summed E-state index contributed by atoms with van der Waals surface area (Å²) in [6, 6.07) is 0.633. The molecule has 104 valence electrons. The maximum Gasteiger partial charge on any atom is 0.226 e. The van der Waals surface area contributed by atoms with Gasteiger partial charge in [0.25, 0.3) is 0 Å². The van der Waals surface area contributed by atoms with Gasteiger partial charge in [0.05, 0.1) is 5.41 Å². The number of carbonyl (C=O) groups is 1. The number of amides is 1. The SMILES string of the molecule is CNC(=O)C(C)(C)CNC1CCCC(C2CC2)C1. The Balaban J connectivity index is 1.77. The van der Waals surface area contributed by atoms with Crippen LogP contribution in [0.2, 0.25) is 0 Å². The van der Waals surface area contributed by atoms with Crippen molar-refractivity contribution < 1.29 is 4.79 Å². The second-order valence-electron chi connectivity index (χ2n) is 6.80. The van der Waals surface area contributed by atoms with Crippen molar-refractivity contribution in [3.8, 4) is 0 Å². The van der Waals surface area contributed by atoms with Gasteiger partial charge >= 0.3 is 0 Å². The summed E-state index contributed by atoms with van der Waals surface area (Å²) in [6.07, 6.45) is 8.32. The molecule has 2 saturated carbocycles. The lowest BCUT2D eigenvalue weighted by atomic mass is 9.82. The van der Waals surface area contributed by atoms with E-state index in [-0.39, 0.29) is 11.3 Å². The molecule has 3 heteroatoms. The summed E-state index contributed by atoms with van der Waals surface area (Å²) in [7, 11) is 1.72. The molecule has 0 aromatic heterocycles. The van der Waals surface area contributed by atoms with E-state index in [9.17, 15) is 4.79 Å². The second-order valence-corrected chi connectivity index (χ2v) is 6.80. The monoisotopic (exact) mass is 252 g/mol. The van der Waals surface area contributed by atoms with Crippen LogP contribution in [-0.2, 0) is 4.79 Å². The van der Waals surface area contributed by atoms with Crippen LogP contribution in [0.3, 0.4) is 0 Å². The normalized spacial score (nSPS) is 29.1. The Labute approximate surface area is 111 Å². The highest BCUT2D eigenvalue weighted by Crippen LogP contribution is 2.43. The smallest absolute Gasteiger partial charge is 0.226 e. The molecule has 0 aromatic carbocycles. The Morgan fingerprint density at radius 2 is 1.89 bits per heavy atom. The van der Waals surface area contributed by atoms with Crippen LogP contribution in [0.5, 0.6) is 0 Å². The molecule has 0 heterocycles. The molecule has 0 aromatic rings. The van der Waals surface area contributed by atoms with Gasteiger partial charge in [0, 0.05) is 19.6 Å². The van der Waals surface area contributed by atoms with Crippen LogP contribution >= 0.6 is 0 Å². The Morgan fingerprint density at radius 3 is 2.50 bits per heavy atom. The second kappa shape index (κ2) is 5.60. The van der Waals surface area contributed by atoms with E-state index in [1.165, 1.54) is 38.5 Å². The third-order valence-electron chi connectivity index (χ3n) is 4.68. The predicted octanol–water partition coefficient (Wildman–Crippen LogP) is 2.32. The Kier molecular flexibility index (Phi) is 4.31. The summed E-state index contributed by atoms with van der Waals surface area (Å²) in [4.78, 5) is 11.7. The summed E-state index contributed by atoms with van der Waals surface area (Å²) >= 11 is 0. The van der Waals surface area contributed by atoms with Crippen molar-refractivity contribution in [1.82, 2.24) is 10.6 Å². The molecule has 18 heavy (non-hydrogen) atoms. The van der Waals surface area contributed by atoms with Crippen molar-refractivity contribution in [2.45, 2.75) is 58.4 Å². The van der Waals surface area contributed by atoms with Gasteiger partial charge in [-0.3, -0.25) is 4.79 Å². The molecule has 0 bridgehead atoms. The zero-order valence-electron chi connectivity index (χ0n) is 12.1. The minimum atomic E-state index is -0.304. The topological polar surface area (TPSA) is 41.1 Å². The van der Waals surface area contributed by atoms with Crippen molar-refractivity contribution in [2.24, 2.45) is 17.3 Å². The molecule has 2 aliphatic rings. The molecule has 0 spiro atoms. The van der Waals surface area contributed by atoms with Crippen LogP contribution < -0.4 is 10.6 Å². The lowest BCUT2D eigenvalue weighted by Crippen LogP contribution is -2.46. The average Bonchev–Trinajstić information content (AvgIpc) is 3.20. The minimum absolute atomic E-state index is 0.129. The molecule has 2 atom stereocenters. The number of nitrogens with one attached hydrogen (secondary N) is 2. The van der Waals surface area contributed by atoms with Crippen molar-refractivity contribution in [3.63, 3.8) is 0 Å². The van der Waals surface area contributed by atoms with E-state index in [4.69, 9.17) is 0 Å². The van der Waals surface area contributed by atoms with E-state index < -0.39 is 0 Å². The highest BCUT2D eigenvalue weighted by Gasteiger charge is 2.35. The maximum absolute atomic E-state index is 11.7. The van der Waals surface area contributed by atoms with Crippen LogP contribution in [0.4, 0.5) is 0 Å². The summed E-state index contributed by atoms with van der Waals surface area (Å²) in [5.74, 6) is 2.12. The van der Waals surface area contributed by atoms with Crippen LogP contribution in [0.1, 0.15) is 52.4 Å². The first-order valence-electron chi connectivity index (χ1n) is 7.48. The fraction of sp³-hybridized carbons (Fsp3) is 0.933. The number of hydrogen-bond donors (Lipinski definition) is 2. The molecule has 2 aliphatic carbocycles. The molecular formula is C15H28N2O. The Morgan fingerprint density at radius 1 is 1.17 bits per heavy atom. The van der Waals surface area contributed by atoms with Crippen molar-refractivity contribution in [1.29, 1.82) is 0 Å². The van der Waals surface area contributed by atoms with E-state index in [0.29, 0.717) is 6.04 Å². The third-order valence-corrected chi connectivity index (χ3v) is 4.68. The number of rotatable bonds is 5. The van der Waals surface area contributed by atoms with Gasteiger partial charge in [-0.25, -0.2) is 0 Å². The zero-order chi connectivity index (χ0) is 13.2. The van der Waals surface area contributed by atoms with Crippen LogP contribution in [-0.4, -0.2) is 25.5 Å². The van der Waals surface area contributed by atoms with E-state index in [1.807, 2.05) is 13.8 Å². The Bertz CT molecular complexity index is 297. The Hall–Kier alpha value is -0.570. The number of hydrogen-bond acceptors (Lipinski definition) is 2. The summed E-state index contributed by atoms with van der Waals surface area (Å²) in [5.41, 5.74) is -0.304. The van der Waals surface area contributed by atoms with Gasteiger partial charge in [0.15, 0.2) is 0 Å². The fourth-order valence-electron chi connectivity index (χ4n) is 3.23. The zero-order valence-corrected chi connectivity index (χ0v) is 12.1. The summed E-state index contributed by atoms with van der Waals surface area (Å²) in [6.45, 7) is 4.81. The van der Waals surface area contributed by atoms with Crippen molar-refractivity contribution in [3.05, 3.63) is 0 Å². The molecule has 3 nitrogen and oxygen atoms in total. The van der Waals surface area contributed by atoms with Gasteiger partial charge in [-0.05, 0) is 51.4 Å². The largest absolute Gasteiger partial charge is 0.359 e. The van der Waals surface area contributed by atoms with Gasteiger partial charge in [-0.2, -0.15) is 0 Å². The van der Waals surface area contributed by atoms with Crippen molar-refractivity contribution >= 4 is 5.91 Å². The van der Waals surface area contributed by atoms with Gasteiger partial charge in [0.2, 0.25) is 5.91 Å². The van der Waals surface area contributed by atoms with E-state index in [1.54, 1.807) is 7.05 Å². The van der Waals surface area contributed by atoms with Crippen LogP contribution in [0.15, 0.2) is 0 Å². The van der Waals surface area contributed by atoms with Gasteiger partial charge < -0.3 is 10.6 Å². The molecule has 1 amide bonds. The molecule has 2 fully saturated rings. The van der Waals surface area contributed by atoms with Crippen LogP contribution in [0, 0.1) is 17.3 Å². The van der Waals surface area contributed by atoms with Crippen molar-refractivity contribution in [2.75, 3.05) is 13.6 Å². The highest BCUT2D eigenvalue weighted by molar-refractivity contribution is 5.81. The minimum Gasteiger partial charge on any atom is -0.359 e. The molecule has 2 rings (SSSR count). The highest BCUT2D eigenvalue weighted by atomic mass is 16.2. The molecule has 2 unspecified atom stereocenters. The lowest BCUT2D eigenvalue weighted by Gasteiger charge is -2.32. The van der Waals surface area contributed by atoms with Gasteiger partial charge in [-0.1, -0.05) is 12.8 Å². The first-order valence-corrected chi connectivity index (χ1v) is 7.48. The first kappa shape index (κ1) is 13.9. The molecule has 0 aliphatic heterocycles. The summed E-state index contributed by atoms with van der Waals surface area (Å²) < 4.78 is 0. The quantitative estimate of drug-likeness (QED) is 0.788. The van der Waals surface area contributed by atoms with Gasteiger partial charge in [0.1, 0.15) is 0 Å². The third kappa shape index (κ3) is 3.47. The first-order chi connectivity index (χ1) is 8.53. The summed E-state index contributed by atoms with van der Waals surface area (Å²) in [5, 5.41) is 6.38. The predicted molar refractivity (Wildman–Crippen MR) is 74.3 cm³/mol. The molecular weight excluding hydrogens is 224 g/mol. The van der Waals surface area contributed by atoms with Crippen LogP contribution in [0.25, 0.3) is 0 Å². The van der Waals surface area contributed by atoms with E-state index in [2.05, 4.69) is 10.6 Å². The lowest BCUT2D eigenvalue weighted by molar-refractivity contribution is -0.128. The van der Waals surface area contributed by atoms with E-state index >= 15 is 0 Å². The fourth-order valence-corrected chi connectivity index (χ4v) is 3.23.